The lowest BCUT2D eigenvalue weighted by Crippen LogP contribution is -2.26. The lowest BCUT2D eigenvalue weighted by Gasteiger charge is -2.17. The van der Waals surface area contributed by atoms with Crippen LogP contribution in [0.1, 0.15) is 17.5 Å². The summed E-state index contributed by atoms with van der Waals surface area (Å²) in [4.78, 5) is 21.2. The Kier molecular flexibility index (Phi) is 4.92. The quantitative estimate of drug-likeness (QED) is 0.849. The molecular weight excluding hydrogens is 276 g/mol. The number of amides is 1. The van der Waals surface area contributed by atoms with E-state index in [2.05, 4.69) is 9.97 Å². The van der Waals surface area contributed by atoms with Crippen LogP contribution in [0.15, 0.2) is 36.9 Å². The van der Waals surface area contributed by atoms with Gasteiger partial charge in [0, 0.05) is 32.4 Å². The molecule has 0 saturated heterocycles. The average Bonchev–Trinajstić information content (AvgIpc) is 2.49. The normalized spacial score (nSPS) is 10.4. The molecule has 2 aromatic rings. The molecule has 0 aliphatic heterocycles. The van der Waals surface area contributed by atoms with Crippen molar-refractivity contribution in [1.29, 1.82) is 0 Å². The second-order valence-corrected chi connectivity index (χ2v) is 4.74. The van der Waals surface area contributed by atoms with Crippen molar-refractivity contribution in [2.45, 2.75) is 19.4 Å². The average molecular weight is 291 g/mol. The summed E-state index contributed by atoms with van der Waals surface area (Å²) in [5.41, 5.74) is 1.43. The standard InChI is InChI=1S/C15H15F2N3O/c1-20(9-11-2-4-13(16)14(17)6-11)15(21)5-3-12-7-18-10-19-8-12/h2,4,6-8,10H,3,5,9H2,1H3. The van der Waals surface area contributed by atoms with Gasteiger partial charge in [0.1, 0.15) is 6.33 Å². The highest BCUT2D eigenvalue weighted by Crippen LogP contribution is 2.11. The molecule has 0 spiro atoms. The number of aryl methyl sites for hydroxylation is 1. The first kappa shape index (κ1) is 15.0. The van der Waals surface area contributed by atoms with E-state index in [0.29, 0.717) is 18.4 Å². The van der Waals surface area contributed by atoms with Crippen LogP contribution in [0.4, 0.5) is 8.78 Å². The van der Waals surface area contributed by atoms with E-state index in [9.17, 15) is 13.6 Å². The molecule has 1 heterocycles. The van der Waals surface area contributed by atoms with Crippen molar-refractivity contribution in [1.82, 2.24) is 14.9 Å². The van der Waals surface area contributed by atoms with Crippen molar-refractivity contribution in [3.05, 3.63) is 59.7 Å². The summed E-state index contributed by atoms with van der Waals surface area (Å²) >= 11 is 0. The van der Waals surface area contributed by atoms with Crippen molar-refractivity contribution in [3.8, 4) is 0 Å². The first-order valence-corrected chi connectivity index (χ1v) is 6.48. The maximum atomic E-state index is 13.1. The van der Waals surface area contributed by atoms with E-state index in [4.69, 9.17) is 0 Å². The molecule has 1 aromatic carbocycles. The smallest absolute Gasteiger partial charge is 0.222 e. The second-order valence-electron chi connectivity index (χ2n) is 4.74. The van der Waals surface area contributed by atoms with Gasteiger partial charge in [-0.05, 0) is 29.7 Å². The van der Waals surface area contributed by atoms with Crippen LogP contribution in [0.3, 0.4) is 0 Å². The summed E-state index contributed by atoms with van der Waals surface area (Å²) in [6.45, 7) is 0.237. The molecule has 0 N–H and O–H groups in total. The third-order valence-corrected chi connectivity index (χ3v) is 3.07. The molecule has 21 heavy (non-hydrogen) atoms. The molecule has 2 rings (SSSR count). The molecule has 0 saturated carbocycles. The number of benzene rings is 1. The molecule has 0 aliphatic carbocycles. The van der Waals surface area contributed by atoms with Gasteiger partial charge >= 0.3 is 0 Å². The molecular formula is C15H15F2N3O. The van der Waals surface area contributed by atoms with Crippen LogP contribution in [0.2, 0.25) is 0 Å². The van der Waals surface area contributed by atoms with Crippen LogP contribution >= 0.6 is 0 Å². The molecule has 0 atom stereocenters. The molecule has 6 heteroatoms. The summed E-state index contributed by atoms with van der Waals surface area (Å²) in [6.07, 6.45) is 5.61. The van der Waals surface area contributed by atoms with E-state index in [1.54, 1.807) is 19.4 Å². The molecule has 0 unspecified atom stereocenters. The topological polar surface area (TPSA) is 46.1 Å². The number of nitrogens with zero attached hydrogens (tertiary/aromatic N) is 3. The third kappa shape index (κ3) is 4.30. The highest BCUT2D eigenvalue weighted by Gasteiger charge is 2.11. The molecule has 4 nitrogen and oxygen atoms in total. The van der Waals surface area contributed by atoms with Crippen LogP contribution in [0.5, 0.6) is 0 Å². The van der Waals surface area contributed by atoms with Gasteiger partial charge in [-0.1, -0.05) is 6.07 Å². The fourth-order valence-electron chi connectivity index (χ4n) is 1.90. The summed E-state index contributed by atoms with van der Waals surface area (Å²) in [6, 6.07) is 3.63. The van der Waals surface area contributed by atoms with Crippen LogP contribution in [0.25, 0.3) is 0 Å². The van der Waals surface area contributed by atoms with E-state index in [0.717, 1.165) is 17.7 Å². The van der Waals surface area contributed by atoms with Gasteiger partial charge in [-0.25, -0.2) is 18.7 Å². The van der Waals surface area contributed by atoms with E-state index in [1.807, 2.05) is 0 Å². The second kappa shape index (κ2) is 6.88. The number of hydrogen-bond acceptors (Lipinski definition) is 3. The Hall–Kier alpha value is -2.37. The van der Waals surface area contributed by atoms with Crippen LogP contribution in [-0.2, 0) is 17.8 Å². The van der Waals surface area contributed by atoms with Gasteiger partial charge in [-0.15, -0.1) is 0 Å². The Morgan fingerprint density at radius 1 is 1.14 bits per heavy atom. The van der Waals surface area contributed by atoms with Crippen molar-refractivity contribution >= 4 is 5.91 Å². The number of hydrogen-bond donors (Lipinski definition) is 0. The SMILES string of the molecule is CN(Cc1ccc(F)c(F)c1)C(=O)CCc1cncnc1. The Balaban J connectivity index is 1.88. The van der Waals surface area contributed by atoms with Crippen molar-refractivity contribution in [2.24, 2.45) is 0 Å². The molecule has 110 valence electrons. The van der Waals surface area contributed by atoms with Gasteiger partial charge in [0.25, 0.3) is 0 Å². The summed E-state index contributed by atoms with van der Waals surface area (Å²) in [5.74, 6) is -1.88. The summed E-state index contributed by atoms with van der Waals surface area (Å²) < 4.78 is 25.9. The van der Waals surface area contributed by atoms with Crippen molar-refractivity contribution in [2.75, 3.05) is 7.05 Å². The van der Waals surface area contributed by atoms with Crippen molar-refractivity contribution < 1.29 is 13.6 Å². The zero-order valence-electron chi connectivity index (χ0n) is 11.6. The number of rotatable bonds is 5. The third-order valence-electron chi connectivity index (χ3n) is 3.07. The number of aromatic nitrogens is 2. The molecule has 0 bridgehead atoms. The zero-order chi connectivity index (χ0) is 15.2. The highest BCUT2D eigenvalue weighted by molar-refractivity contribution is 5.76. The molecule has 0 fully saturated rings. The molecule has 1 amide bonds. The van der Waals surface area contributed by atoms with Gasteiger partial charge in [0.05, 0.1) is 0 Å². The van der Waals surface area contributed by atoms with Crippen LogP contribution in [0, 0.1) is 11.6 Å². The number of carbonyl (C=O) groups is 1. The van der Waals surface area contributed by atoms with E-state index in [1.165, 1.54) is 17.3 Å². The minimum atomic E-state index is -0.908. The van der Waals surface area contributed by atoms with E-state index in [-0.39, 0.29) is 12.5 Å². The largest absolute Gasteiger partial charge is 0.341 e. The summed E-state index contributed by atoms with van der Waals surface area (Å²) in [5, 5.41) is 0. The van der Waals surface area contributed by atoms with E-state index >= 15 is 0 Å². The van der Waals surface area contributed by atoms with Gasteiger partial charge < -0.3 is 4.90 Å². The molecule has 0 radical (unpaired) electrons. The predicted octanol–water partition coefficient (Wildman–Crippen LogP) is 2.35. The van der Waals surface area contributed by atoms with Gasteiger partial charge in [-0.2, -0.15) is 0 Å². The fourth-order valence-corrected chi connectivity index (χ4v) is 1.90. The Bertz CT molecular complexity index is 620. The Labute approximate surface area is 121 Å². The monoisotopic (exact) mass is 291 g/mol. The van der Waals surface area contributed by atoms with Gasteiger partial charge in [-0.3, -0.25) is 4.79 Å². The Morgan fingerprint density at radius 3 is 2.52 bits per heavy atom. The fraction of sp³-hybridized carbons (Fsp3) is 0.267. The van der Waals surface area contributed by atoms with Gasteiger partial charge in [0.2, 0.25) is 5.91 Å². The summed E-state index contributed by atoms with van der Waals surface area (Å²) in [7, 11) is 1.63. The van der Waals surface area contributed by atoms with Gasteiger partial charge in [0.15, 0.2) is 11.6 Å². The minimum Gasteiger partial charge on any atom is -0.341 e. The zero-order valence-corrected chi connectivity index (χ0v) is 11.6. The maximum absolute atomic E-state index is 13.1. The lowest BCUT2D eigenvalue weighted by atomic mass is 10.1. The van der Waals surface area contributed by atoms with Crippen molar-refractivity contribution in [3.63, 3.8) is 0 Å². The molecule has 0 aliphatic rings. The van der Waals surface area contributed by atoms with E-state index < -0.39 is 11.6 Å². The lowest BCUT2D eigenvalue weighted by molar-refractivity contribution is -0.130. The number of halogens is 2. The Morgan fingerprint density at radius 2 is 1.86 bits per heavy atom. The predicted molar refractivity (Wildman–Crippen MR) is 73.2 cm³/mol. The molecule has 1 aromatic heterocycles. The van der Waals surface area contributed by atoms with Crippen LogP contribution < -0.4 is 0 Å². The maximum Gasteiger partial charge on any atom is 0.222 e. The first-order valence-electron chi connectivity index (χ1n) is 6.48. The minimum absolute atomic E-state index is 0.0800. The number of carbonyl (C=O) groups excluding carboxylic acids is 1. The highest BCUT2D eigenvalue weighted by atomic mass is 19.2. The first-order chi connectivity index (χ1) is 10.1. The van der Waals surface area contributed by atoms with Crippen LogP contribution in [-0.4, -0.2) is 27.8 Å².